The van der Waals surface area contributed by atoms with E-state index in [0.717, 1.165) is 32.4 Å². The van der Waals surface area contributed by atoms with Gasteiger partial charge < -0.3 is 19.9 Å². The summed E-state index contributed by atoms with van der Waals surface area (Å²) < 4.78 is 4.63. The number of thiocarbonyl (C=S) groups is 1. The van der Waals surface area contributed by atoms with Crippen molar-refractivity contribution in [2.75, 3.05) is 39.8 Å². The molecule has 2 saturated heterocycles. The Kier molecular flexibility index (Phi) is 6.52. The van der Waals surface area contributed by atoms with E-state index >= 15 is 0 Å². The highest BCUT2D eigenvalue weighted by atomic mass is 32.1. The third kappa shape index (κ3) is 4.93. The van der Waals surface area contributed by atoms with Gasteiger partial charge in [-0.3, -0.25) is 14.4 Å². The molecule has 1 N–H and O–H groups in total. The van der Waals surface area contributed by atoms with Crippen LogP contribution < -0.4 is 5.32 Å². The Hall–Kier alpha value is -2.48. The number of ether oxygens (including phenoxy) is 1. The number of amides is 1. The standard InChI is InChI=1S/C21H27N3O4S/c1-15(25)16-3-5-17(6-4-16)19(27)23-10-7-21(8-11-23)9-12-24(14-21)20(29)22-13-18(26)28-2/h3-6H,7-14H2,1-2H3,(H,22,29). The largest absolute Gasteiger partial charge is 0.468 e. The summed E-state index contributed by atoms with van der Waals surface area (Å²) in [6.45, 7) is 4.71. The summed E-state index contributed by atoms with van der Waals surface area (Å²) in [6, 6.07) is 6.87. The molecular formula is C21H27N3O4S. The fourth-order valence-corrected chi connectivity index (χ4v) is 4.29. The minimum Gasteiger partial charge on any atom is -0.468 e. The number of carbonyl (C=O) groups is 3. The molecule has 1 amide bonds. The summed E-state index contributed by atoms with van der Waals surface area (Å²) in [7, 11) is 1.35. The second-order valence-electron chi connectivity index (χ2n) is 7.83. The molecule has 156 valence electrons. The van der Waals surface area contributed by atoms with Gasteiger partial charge in [-0.05, 0) is 56.0 Å². The Bertz CT molecular complexity index is 801. The number of ketones is 1. The fourth-order valence-electron chi connectivity index (χ4n) is 4.06. The van der Waals surface area contributed by atoms with Crippen molar-refractivity contribution in [3.63, 3.8) is 0 Å². The van der Waals surface area contributed by atoms with E-state index in [0.29, 0.717) is 29.3 Å². The van der Waals surface area contributed by atoms with Gasteiger partial charge in [0.1, 0.15) is 6.54 Å². The first kappa shape index (κ1) is 21.2. The highest BCUT2D eigenvalue weighted by molar-refractivity contribution is 7.80. The monoisotopic (exact) mass is 417 g/mol. The molecule has 7 nitrogen and oxygen atoms in total. The molecule has 0 bridgehead atoms. The summed E-state index contributed by atoms with van der Waals surface area (Å²) >= 11 is 5.41. The molecule has 2 fully saturated rings. The molecule has 2 aliphatic rings. The van der Waals surface area contributed by atoms with Gasteiger partial charge in [-0.25, -0.2) is 0 Å². The van der Waals surface area contributed by atoms with E-state index in [-0.39, 0.29) is 29.6 Å². The van der Waals surface area contributed by atoms with Gasteiger partial charge in [0.05, 0.1) is 7.11 Å². The minimum absolute atomic E-state index is 0.00584. The zero-order chi connectivity index (χ0) is 21.0. The van der Waals surface area contributed by atoms with Crippen LogP contribution in [0.15, 0.2) is 24.3 Å². The maximum absolute atomic E-state index is 12.8. The number of hydrogen-bond donors (Lipinski definition) is 1. The van der Waals surface area contributed by atoms with E-state index in [2.05, 4.69) is 15.0 Å². The van der Waals surface area contributed by atoms with Crippen LogP contribution in [-0.2, 0) is 9.53 Å². The molecular weight excluding hydrogens is 390 g/mol. The third-order valence-corrected chi connectivity index (χ3v) is 6.39. The topological polar surface area (TPSA) is 79.0 Å². The van der Waals surface area contributed by atoms with Crippen molar-refractivity contribution in [1.82, 2.24) is 15.1 Å². The molecule has 1 aromatic rings. The molecule has 8 heteroatoms. The Balaban J connectivity index is 1.52. The minimum atomic E-state index is -0.343. The van der Waals surface area contributed by atoms with Gasteiger partial charge in [-0.1, -0.05) is 12.1 Å². The SMILES string of the molecule is COC(=O)CNC(=S)N1CCC2(CCN(C(=O)c3ccc(C(C)=O)cc3)CC2)C1. The number of nitrogens with zero attached hydrogens (tertiary/aromatic N) is 2. The fraction of sp³-hybridized carbons (Fsp3) is 0.524. The lowest BCUT2D eigenvalue weighted by Gasteiger charge is -2.39. The number of carbonyl (C=O) groups excluding carboxylic acids is 3. The summed E-state index contributed by atoms with van der Waals surface area (Å²) in [5, 5.41) is 3.53. The lowest BCUT2D eigenvalue weighted by Crippen LogP contribution is -2.46. The Morgan fingerprint density at radius 1 is 1.03 bits per heavy atom. The third-order valence-electron chi connectivity index (χ3n) is 5.99. The summed E-state index contributed by atoms with van der Waals surface area (Å²) in [5.74, 6) is -0.335. The molecule has 29 heavy (non-hydrogen) atoms. The number of Topliss-reactive ketones (excluding diaryl/α,β-unsaturated/α-hetero) is 1. The van der Waals surface area contributed by atoms with Crippen molar-refractivity contribution in [1.29, 1.82) is 0 Å². The number of nitrogens with one attached hydrogen (secondary N) is 1. The first-order valence-corrected chi connectivity index (χ1v) is 10.2. The molecule has 2 aliphatic heterocycles. The number of likely N-dealkylation sites (tertiary alicyclic amines) is 2. The Labute approximate surface area is 176 Å². The maximum Gasteiger partial charge on any atom is 0.325 e. The van der Waals surface area contributed by atoms with Crippen molar-refractivity contribution in [3.8, 4) is 0 Å². The second-order valence-corrected chi connectivity index (χ2v) is 8.22. The van der Waals surface area contributed by atoms with Crippen LogP contribution in [0.3, 0.4) is 0 Å². The van der Waals surface area contributed by atoms with Crippen LogP contribution in [0.5, 0.6) is 0 Å². The summed E-state index contributed by atoms with van der Waals surface area (Å²) in [5.41, 5.74) is 1.39. The van der Waals surface area contributed by atoms with Crippen molar-refractivity contribution in [3.05, 3.63) is 35.4 Å². The highest BCUT2D eigenvalue weighted by Crippen LogP contribution is 2.40. The van der Waals surface area contributed by atoms with E-state index in [1.807, 2.05) is 4.90 Å². The van der Waals surface area contributed by atoms with Gasteiger partial charge in [-0.15, -0.1) is 0 Å². The van der Waals surface area contributed by atoms with Gasteiger partial charge in [0.15, 0.2) is 10.9 Å². The number of rotatable bonds is 4. The second kappa shape index (κ2) is 8.90. The number of methoxy groups -OCH3 is 1. The molecule has 0 aliphatic carbocycles. The molecule has 3 rings (SSSR count). The van der Waals surface area contributed by atoms with Gasteiger partial charge >= 0.3 is 5.97 Å². The van der Waals surface area contributed by atoms with E-state index < -0.39 is 0 Å². The maximum atomic E-state index is 12.8. The molecule has 0 atom stereocenters. The van der Waals surface area contributed by atoms with Crippen molar-refractivity contribution in [2.45, 2.75) is 26.2 Å². The van der Waals surface area contributed by atoms with Gasteiger partial charge in [0.25, 0.3) is 5.91 Å². The molecule has 1 aromatic carbocycles. The van der Waals surface area contributed by atoms with Gasteiger partial charge in [-0.2, -0.15) is 0 Å². The van der Waals surface area contributed by atoms with Crippen LogP contribution in [0.2, 0.25) is 0 Å². The number of piperidine rings is 1. The molecule has 0 unspecified atom stereocenters. The lowest BCUT2D eigenvalue weighted by molar-refractivity contribution is -0.139. The van der Waals surface area contributed by atoms with Crippen molar-refractivity contribution < 1.29 is 19.1 Å². The average molecular weight is 418 g/mol. The van der Waals surface area contributed by atoms with Crippen LogP contribution >= 0.6 is 12.2 Å². The normalized spacial score (nSPS) is 17.9. The molecule has 0 aromatic heterocycles. The van der Waals surface area contributed by atoms with E-state index in [9.17, 15) is 14.4 Å². The first-order chi connectivity index (χ1) is 13.8. The first-order valence-electron chi connectivity index (χ1n) is 9.83. The van der Waals surface area contributed by atoms with Crippen LogP contribution in [0.25, 0.3) is 0 Å². The zero-order valence-electron chi connectivity index (χ0n) is 16.9. The number of benzene rings is 1. The molecule has 2 heterocycles. The quantitative estimate of drug-likeness (QED) is 0.455. The lowest BCUT2D eigenvalue weighted by atomic mass is 9.77. The number of esters is 1. The van der Waals surface area contributed by atoms with Crippen LogP contribution in [-0.4, -0.2) is 72.4 Å². The zero-order valence-corrected chi connectivity index (χ0v) is 17.7. The predicted octanol–water partition coefficient (Wildman–Crippen LogP) is 1.86. The predicted molar refractivity (Wildman–Crippen MR) is 113 cm³/mol. The van der Waals surface area contributed by atoms with Crippen LogP contribution in [0.1, 0.15) is 46.9 Å². The van der Waals surface area contributed by atoms with E-state index in [1.54, 1.807) is 24.3 Å². The molecule has 1 spiro atoms. The van der Waals surface area contributed by atoms with E-state index in [1.165, 1.54) is 14.0 Å². The summed E-state index contributed by atoms with van der Waals surface area (Å²) in [6.07, 6.45) is 2.89. The Morgan fingerprint density at radius 3 is 2.14 bits per heavy atom. The van der Waals surface area contributed by atoms with E-state index in [4.69, 9.17) is 12.2 Å². The molecule has 0 radical (unpaired) electrons. The van der Waals surface area contributed by atoms with Crippen LogP contribution in [0, 0.1) is 5.41 Å². The van der Waals surface area contributed by atoms with Gasteiger partial charge in [0.2, 0.25) is 0 Å². The number of hydrogen-bond acceptors (Lipinski definition) is 5. The van der Waals surface area contributed by atoms with Gasteiger partial charge in [0, 0.05) is 37.3 Å². The van der Waals surface area contributed by atoms with Crippen molar-refractivity contribution >= 4 is 35.0 Å². The Morgan fingerprint density at radius 2 is 1.59 bits per heavy atom. The average Bonchev–Trinajstić information content (AvgIpc) is 3.15. The highest BCUT2D eigenvalue weighted by Gasteiger charge is 2.42. The molecule has 0 saturated carbocycles. The smallest absolute Gasteiger partial charge is 0.325 e. The van der Waals surface area contributed by atoms with Crippen molar-refractivity contribution in [2.24, 2.45) is 5.41 Å². The van der Waals surface area contributed by atoms with Crippen LogP contribution in [0.4, 0.5) is 0 Å². The summed E-state index contributed by atoms with van der Waals surface area (Å²) in [4.78, 5) is 39.5.